The molecule has 5 nitrogen and oxygen atoms in total. The van der Waals surface area contributed by atoms with E-state index in [1.165, 1.54) is 6.08 Å². The smallest absolute Gasteiger partial charge is 0.330 e. The molecule has 0 radical (unpaired) electrons. The van der Waals surface area contributed by atoms with E-state index in [0.29, 0.717) is 6.42 Å². The number of hydrogen-bond acceptors (Lipinski definition) is 4. The van der Waals surface area contributed by atoms with Crippen LogP contribution in [-0.4, -0.2) is 36.1 Å². The molecular formula is C15H27Cl2NO4S. The Bertz CT molecular complexity index is 510. The second-order valence-electron chi connectivity index (χ2n) is 6.19. The van der Waals surface area contributed by atoms with Crippen LogP contribution in [0.1, 0.15) is 53.9 Å². The van der Waals surface area contributed by atoms with Crippen LogP contribution in [0.25, 0.3) is 0 Å². The molecule has 0 spiro atoms. The standard InChI is InChI=1S/C15H27Cl2NO4S/c1-6-8-9-12(18-23(20,21)14(3,4)5)15(16,17)11-10-13(19)22-7-2/h10-12,18H,6-9H2,1-5H3/b11-10+/t12-/m0/s1. The zero-order valence-corrected chi connectivity index (χ0v) is 16.7. The van der Waals surface area contributed by atoms with Gasteiger partial charge in [-0.05, 0) is 40.2 Å². The summed E-state index contributed by atoms with van der Waals surface area (Å²) in [6.07, 6.45) is 4.43. The van der Waals surface area contributed by atoms with Crippen LogP contribution in [0.4, 0.5) is 0 Å². The van der Waals surface area contributed by atoms with E-state index in [1.807, 2.05) is 6.92 Å². The minimum atomic E-state index is -3.63. The zero-order chi connectivity index (χ0) is 18.3. The molecule has 0 amide bonds. The van der Waals surface area contributed by atoms with Crippen molar-refractivity contribution in [3.8, 4) is 0 Å². The molecule has 0 aromatic heterocycles. The van der Waals surface area contributed by atoms with Crippen LogP contribution < -0.4 is 4.72 Å². The van der Waals surface area contributed by atoms with E-state index in [0.717, 1.165) is 18.9 Å². The third-order valence-electron chi connectivity index (χ3n) is 3.14. The van der Waals surface area contributed by atoms with E-state index in [9.17, 15) is 13.2 Å². The Morgan fingerprint density at radius 3 is 2.26 bits per heavy atom. The maximum atomic E-state index is 12.4. The first-order chi connectivity index (χ1) is 10.4. The quantitative estimate of drug-likeness (QED) is 0.372. The second kappa shape index (κ2) is 9.25. The van der Waals surface area contributed by atoms with Crippen molar-refractivity contribution in [2.45, 2.75) is 69.0 Å². The van der Waals surface area contributed by atoms with Gasteiger partial charge in [-0.15, -0.1) is 0 Å². The van der Waals surface area contributed by atoms with Gasteiger partial charge in [-0.1, -0.05) is 43.0 Å². The first-order valence-corrected chi connectivity index (χ1v) is 9.87. The Morgan fingerprint density at radius 2 is 1.83 bits per heavy atom. The average molecular weight is 388 g/mol. The first-order valence-electron chi connectivity index (χ1n) is 7.63. The summed E-state index contributed by atoms with van der Waals surface area (Å²) in [7, 11) is -3.63. The van der Waals surface area contributed by atoms with Crippen molar-refractivity contribution >= 4 is 39.2 Å². The summed E-state index contributed by atoms with van der Waals surface area (Å²) in [6.45, 7) is 8.66. The van der Waals surface area contributed by atoms with Gasteiger partial charge in [0, 0.05) is 6.08 Å². The zero-order valence-electron chi connectivity index (χ0n) is 14.4. The fourth-order valence-corrected chi connectivity index (χ4v) is 3.20. The highest BCUT2D eigenvalue weighted by molar-refractivity contribution is 7.90. The lowest BCUT2D eigenvalue weighted by molar-refractivity contribution is -0.137. The van der Waals surface area contributed by atoms with E-state index < -0.39 is 31.1 Å². The highest BCUT2D eigenvalue weighted by Crippen LogP contribution is 2.32. The van der Waals surface area contributed by atoms with Crippen LogP contribution in [0.5, 0.6) is 0 Å². The summed E-state index contributed by atoms with van der Waals surface area (Å²) in [5.41, 5.74) is 0. The van der Waals surface area contributed by atoms with Gasteiger partial charge >= 0.3 is 5.97 Å². The molecule has 0 aromatic carbocycles. The van der Waals surface area contributed by atoms with Crippen molar-refractivity contribution < 1.29 is 17.9 Å². The molecule has 1 N–H and O–H groups in total. The predicted octanol–water partition coefficient (Wildman–Crippen LogP) is 3.56. The molecule has 0 aromatic rings. The molecule has 0 aliphatic heterocycles. The summed E-state index contributed by atoms with van der Waals surface area (Å²) in [6, 6.07) is -0.749. The monoisotopic (exact) mass is 387 g/mol. The van der Waals surface area contributed by atoms with Crippen molar-refractivity contribution in [3.63, 3.8) is 0 Å². The number of esters is 1. The molecule has 0 heterocycles. The lowest BCUT2D eigenvalue weighted by atomic mass is 10.1. The maximum Gasteiger partial charge on any atom is 0.330 e. The van der Waals surface area contributed by atoms with Gasteiger partial charge in [-0.3, -0.25) is 0 Å². The van der Waals surface area contributed by atoms with Gasteiger partial charge in [0.15, 0.2) is 4.33 Å². The molecule has 0 rings (SSSR count). The molecule has 136 valence electrons. The van der Waals surface area contributed by atoms with Gasteiger partial charge in [-0.25, -0.2) is 17.9 Å². The Kier molecular flexibility index (Phi) is 9.13. The van der Waals surface area contributed by atoms with Gasteiger partial charge in [0.05, 0.1) is 17.4 Å². The Morgan fingerprint density at radius 1 is 1.26 bits per heavy atom. The number of rotatable bonds is 9. The van der Waals surface area contributed by atoms with Crippen molar-refractivity contribution in [1.29, 1.82) is 0 Å². The average Bonchev–Trinajstić information content (AvgIpc) is 2.40. The minimum Gasteiger partial charge on any atom is -0.463 e. The molecule has 0 aliphatic rings. The lowest BCUT2D eigenvalue weighted by Crippen LogP contribution is -2.50. The Hall–Kier alpha value is -0.300. The van der Waals surface area contributed by atoms with Crippen LogP contribution in [0.2, 0.25) is 0 Å². The number of sulfonamides is 1. The SMILES string of the molecule is CCCC[C@H](NS(=O)(=O)C(C)(C)C)C(Cl)(Cl)/C=C/C(=O)OCC. The number of unbranched alkanes of at least 4 members (excludes halogenated alkanes) is 1. The van der Waals surface area contributed by atoms with Crippen molar-refractivity contribution in [1.82, 2.24) is 4.72 Å². The molecular weight excluding hydrogens is 361 g/mol. The number of carbonyl (C=O) groups excluding carboxylic acids is 1. The number of alkyl halides is 2. The highest BCUT2D eigenvalue weighted by Gasteiger charge is 2.39. The first kappa shape index (κ1) is 22.7. The lowest BCUT2D eigenvalue weighted by Gasteiger charge is -2.31. The summed E-state index contributed by atoms with van der Waals surface area (Å²) in [4.78, 5) is 11.4. The van der Waals surface area contributed by atoms with E-state index in [4.69, 9.17) is 27.9 Å². The Balaban J connectivity index is 5.33. The molecule has 23 heavy (non-hydrogen) atoms. The Labute approximate surface area is 149 Å². The molecule has 0 aliphatic carbocycles. The van der Waals surface area contributed by atoms with Crippen LogP contribution in [0, 0.1) is 0 Å². The van der Waals surface area contributed by atoms with Crippen LogP contribution in [0.15, 0.2) is 12.2 Å². The molecule has 0 saturated heterocycles. The molecule has 0 unspecified atom stereocenters. The molecule has 8 heteroatoms. The van der Waals surface area contributed by atoms with Gasteiger partial charge in [-0.2, -0.15) is 0 Å². The molecule has 1 atom stereocenters. The van der Waals surface area contributed by atoms with Gasteiger partial charge in [0.1, 0.15) is 0 Å². The van der Waals surface area contributed by atoms with Gasteiger partial charge < -0.3 is 4.74 Å². The number of carbonyl (C=O) groups is 1. The second-order valence-corrected chi connectivity index (χ2v) is 10.1. The molecule has 0 saturated carbocycles. The van der Waals surface area contributed by atoms with Crippen molar-refractivity contribution in [2.24, 2.45) is 0 Å². The number of halogens is 2. The predicted molar refractivity (Wildman–Crippen MR) is 95.3 cm³/mol. The van der Waals surface area contributed by atoms with Crippen molar-refractivity contribution in [3.05, 3.63) is 12.2 Å². The van der Waals surface area contributed by atoms with E-state index >= 15 is 0 Å². The highest BCUT2D eigenvalue weighted by atomic mass is 35.5. The summed E-state index contributed by atoms with van der Waals surface area (Å²) in [5.74, 6) is -0.578. The topological polar surface area (TPSA) is 72.5 Å². The van der Waals surface area contributed by atoms with Crippen LogP contribution in [0.3, 0.4) is 0 Å². The normalized spacial score (nSPS) is 14.9. The van der Waals surface area contributed by atoms with Crippen LogP contribution in [-0.2, 0) is 19.6 Å². The number of ether oxygens (including phenoxy) is 1. The fourth-order valence-electron chi connectivity index (χ4n) is 1.59. The molecule has 0 fully saturated rings. The third kappa shape index (κ3) is 7.88. The van der Waals surface area contributed by atoms with Gasteiger partial charge in [0.25, 0.3) is 0 Å². The number of hydrogen-bond donors (Lipinski definition) is 1. The van der Waals surface area contributed by atoms with E-state index in [2.05, 4.69) is 4.72 Å². The van der Waals surface area contributed by atoms with Crippen LogP contribution >= 0.6 is 23.2 Å². The van der Waals surface area contributed by atoms with Crippen molar-refractivity contribution in [2.75, 3.05) is 6.61 Å². The summed E-state index contributed by atoms with van der Waals surface area (Å²) in [5, 5.41) is 0. The maximum absolute atomic E-state index is 12.4. The van der Waals surface area contributed by atoms with E-state index in [1.54, 1.807) is 27.7 Å². The largest absolute Gasteiger partial charge is 0.463 e. The summed E-state index contributed by atoms with van der Waals surface area (Å²) >= 11 is 12.6. The fraction of sp³-hybridized carbons (Fsp3) is 0.800. The van der Waals surface area contributed by atoms with E-state index in [-0.39, 0.29) is 6.61 Å². The molecule has 0 bridgehead atoms. The van der Waals surface area contributed by atoms with Gasteiger partial charge in [0.2, 0.25) is 10.0 Å². The number of nitrogens with one attached hydrogen (secondary N) is 1. The third-order valence-corrected chi connectivity index (χ3v) is 6.13. The minimum absolute atomic E-state index is 0.233. The summed E-state index contributed by atoms with van der Waals surface area (Å²) < 4.78 is 29.5.